The second kappa shape index (κ2) is 8.27. The third-order valence-electron chi connectivity index (χ3n) is 3.71. The number of rotatable bonds is 6. The van der Waals surface area contributed by atoms with Crippen LogP contribution in [0.25, 0.3) is 0 Å². The van der Waals surface area contributed by atoms with E-state index in [1.165, 1.54) is 0 Å². The smallest absolute Gasteiger partial charge is 0.407 e. The number of hydrogen-bond acceptors (Lipinski definition) is 5. The minimum atomic E-state index is -0.503. The number of halogens is 1. The lowest BCUT2D eigenvalue weighted by molar-refractivity contribution is -0.0439. The Kier molecular flexibility index (Phi) is 6.60. The van der Waals surface area contributed by atoms with Gasteiger partial charge in [-0.15, -0.1) is 0 Å². The van der Waals surface area contributed by atoms with Gasteiger partial charge in [-0.3, -0.25) is 4.98 Å². The third-order valence-corrected chi connectivity index (χ3v) is 4.18. The van der Waals surface area contributed by atoms with Crippen LogP contribution in [-0.4, -0.2) is 41.5 Å². The minimum absolute atomic E-state index is 0.00755. The second-order valence-electron chi connectivity index (χ2n) is 6.86. The van der Waals surface area contributed by atoms with Gasteiger partial charge in [0.15, 0.2) is 0 Å². The van der Waals surface area contributed by atoms with E-state index in [-0.39, 0.29) is 18.2 Å². The monoisotopic (exact) mass is 399 g/mol. The normalized spacial score (nSPS) is 23.5. The average Bonchev–Trinajstić information content (AvgIpc) is 2.46. The number of nitrogens with zero attached hydrogens (tertiary/aromatic N) is 1. The average molecular weight is 400 g/mol. The molecule has 24 heavy (non-hydrogen) atoms. The lowest BCUT2D eigenvalue weighted by Crippen LogP contribution is -2.66. The first-order valence-corrected chi connectivity index (χ1v) is 9.02. The van der Waals surface area contributed by atoms with E-state index in [2.05, 4.69) is 31.5 Å². The molecule has 0 aromatic carbocycles. The summed E-state index contributed by atoms with van der Waals surface area (Å²) in [6, 6.07) is 3.96. The molecule has 0 bridgehead atoms. The van der Waals surface area contributed by atoms with E-state index < -0.39 is 11.7 Å². The van der Waals surface area contributed by atoms with E-state index in [0.29, 0.717) is 13.2 Å². The highest BCUT2D eigenvalue weighted by Gasteiger charge is 2.42. The first-order chi connectivity index (χ1) is 11.3. The second-order valence-corrected chi connectivity index (χ2v) is 7.77. The number of carbonyl (C=O) groups excluding carboxylic acids is 1. The van der Waals surface area contributed by atoms with Gasteiger partial charge in [0.25, 0.3) is 0 Å². The SMILES string of the molecule is CCOC1CC(NC(=O)OC(C)(C)C)C1NCc1ccc(Br)cn1. The van der Waals surface area contributed by atoms with Crippen molar-refractivity contribution in [2.75, 3.05) is 6.61 Å². The van der Waals surface area contributed by atoms with Crippen LogP contribution in [0.4, 0.5) is 4.79 Å². The van der Waals surface area contributed by atoms with Crippen molar-refractivity contribution < 1.29 is 14.3 Å². The maximum absolute atomic E-state index is 12.0. The molecule has 3 atom stereocenters. The van der Waals surface area contributed by atoms with Gasteiger partial charge in [0.2, 0.25) is 0 Å². The van der Waals surface area contributed by atoms with Gasteiger partial charge in [-0.1, -0.05) is 0 Å². The minimum Gasteiger partial charge on any atom is -0.444 e. The van der Waals surface area contributed by atoms with Crippen molar-refractivity contribution in [2.45, 2.75) is 64.4 Å². The summed E-state index contributed by atoms with van der Waals surface area (Å²) in [7, 11) is 0. The quantitative estimate of drug-likeness (QED) is 0.768. The molecule has 1 fully saturated rings. The molecule has 2 N–H and O–H groups in total. The zero-order valence-electron chi connectivity index (χ0n) is 14.6. The van der Waals surface area contributed by atoms with E-state index in [9.17, 15) is 4.79 Å². The molecule has 1 aliphatic carbocycles. The highest BCUT2D eigenvalue weighted by Crippen LogP contribution is 2.25. The highest BCUT2D eigenvalue weighted by molar-refractivity contribution is 9.10. The van der Waals surface area contributed by atoms with Crippen LogP contribution in [0, 0.1) is 0 Å². The van der Waals surface area contributed by atoms with Gasteiger partial charge in [-0.25, -0.2) is 4.79 Å². The molecule has 1 aromatic heterocycles. The van der Waals surface area contributed by atoms with Gasteiger partial charge in [0.1, 0.15) is 5.60 Å². The summed E-state index contributed by atoms with van der Waals surface area (Å²) >= 11 is 3.38. The van der Waals surface area contributed by atoms with Gasteiger partial charge in [0, 0.05) is 23.8 Å². The molecule has 1 saturated carbocycles. The van der Waals surface area contributed by atoms with Gasteiger partial charge in [-0.2, -0.15) is 0 Å². The molecule has 134 valence electrons. The molecular formula is C17H26BrN3O3. The van der Waals surface area contributed by atoms with Crippen molar-refractivity contribution in [1.82, 2.24) is 15.6 Å². The maximum atomic E-state index is 12.0. The number of ether oxygens (including phenoxy) is 2. The first kappa shape index (κ1) is 19.1. The predicted molar refractivity (Wildman–Crippen MR) is 95.8 cm³/mol. The fraction of sp³-hybridized carbons (Fsp3) is 0.647. The summed E-state index contributed by atoms with van der Waals surface area (Å²) in [4.78, 5) is 16.3. The molecule has 1 aliphatic rings. The maximum Gasteiger partial charge on any atom is 0.407 e. The Hall–Kier alpha value is -1.18. The van der Waals surface area contributed by atoms with E-state index in [1.807, 2.05) is 39.8 Å². The molecule has 1 amide bonds. The molecule has 7 heteroatoms. The molecule has 3 unspecified atom stereocenters. The molecular weight excluding hydrogens is 374 g/mol. The van der Waals surface area contributed by atoms with Crippen molar-refractivity contribution in [1.29, 1.82) is 0 Å². The standard InChI is InChI=1S/C17H26BrN3O3/c1-5-23-14-8-13(21-16(22)24-17(2,3)4)15(14)20-10-12-7-6-11(18)9-19-12/h6-7,9,13-15,20H,5,8,10H2,1-4H3,(H,21,22). The molecule has 0 aliphatic heterocycles. The van der Waals surface area contributed by atoms with Crippen molar-refractivity contribution in [3.8, 4) is 0 Å². The summed E-state index contributed by atoms with van der Waals surface area (Å²) in [6.07, 6.45) is 2.24. The van der Waals surface area contributed by atoms with Crippen molar-refractivity contribution in [2.24, 2.45) is 0 Å². The van der Waals surface area contributed by atoms with Crippen molar-refractivity contribution in [3.05, 3.63) is 28.5 Å². The number of nitrogens with one attached hydrogen (secondary N) is 2. The summed E-state index contributed by atoms with van der Waals surface area (Å²) in [5.41, 5.74) is 0.439. The third kappa shape index (κ3) is 5.72. The predicted octanol–water partition coefficient (Wildman–Crippen LogP) is 3.00. The largest absolute Gasteiger partial charge is 0.444 e. The van der Waals surface area contributed by atoms with E-state index >= 15 is 0 Å². The Balaban J connectivity index is 1.89. The molecule has 1 aromatic rings. The summed E-state index contributed by atoms with van der Waals surface area (Å²) in [5.74, 6) is 0. The van der Waals surface area contributed by atoms with Crippen LogP contribution in [0.2, 0.25) is 0 Å². The fourth-order valence-corrected chi connectivity index (χ4v) is 2.84. The topological polar surface area (TPSA) is 72.5 Å². The van der Waals surface area contributed by atoms with Crippen LogP contribution in [-0.2, 0) is 16.0 Å². The van der Waals surface area contributed by atoms with Crippen LogP contribution >= 0.6 is 15.9 Å². The Morgan fingerprint density at radius 1 is 1.42 bits per heavy atom. The Morgan fingerprint density at radius 2 is 2.17 bits per heavy atom. The Morgan fingerprint density at radius 3 is 2.75 bits per heavy atom. The summed E-state index contributed by atoms with van der Waals surface area (Å²) in [5, 5.41) is 6.36. The summed E-state index contributed by atoms with van der Waals surface area (Å²) in [6.45, 7) is 8.80. The molecule has 0 spiro atoms. The van der Waals surface area contributed by atoms with Crippen LogP contribution < -0.4 is 10.6 Å². The van der Waals surface area contributed by atoms with Crippen molar-refractivity contribution >= 4 is 22.0 Å². The Labute approximate surface area is 151 Å². The molecule has 6 nitrogen and oxygen atoms in total. The first-order valence-electron chi connectivity index (χ1n) is 8.23. The lowest BCUT2D eigenvalue weighted by atomic mass is 9.82. The fourth-order valence-electron chi connectivity index (χ4n) is 2.61. The molecule has 0 saturated heterocycles. The zero-order chi connectivity index (χ0) is 17.7. The lowest BCUT2D eigenvalue weighted by Gasteiger charge is -2.44. The highest BCUT2D eigenvalue weighted by atomic mass is 79.9. The molecule has 1 heterocycles. The number of carbonyl (C=O) groups is 1. The van der Waals surface area contributed by atoms with Crippen molar-refractivity contribution in [3.63, 3.8) is 0 Å². The van der Waals surface area contributed by atoms with E-state index in [1.54, 1.807) is 6.20 Å². The van der Waals surface area contributed by atoms with E-state index in [0.717, 1.165) is 16.6 Å². The number of hydrogen-bond donors (Lipinski definition) is 2. The summed E-state index contributed by atoms with van der Waals surface area (Å²) < 4.78 is 12.0. The Bertz CT molecular complexity index is 545. The van der Waals surface area contributed by atoms with Crippen LogP contribution in [0.5, 0.6) is 0 Å². The van der Waals surface area contributed by atoms with Crippen LogP contribution in [0.3, 0.4) is 0 Å². The number of pyridine rings is 1. The van der Waals surface area contributed by atoms with Gasteiger partial charge < -0.3 is 20.1 Å². The molecule has 0 radical (unpaired) electrons. The van der Waals surface area contributed by atoms with E-state index in [4.69, 9.17) is 9.47 Å². The number of aromatic nitrogens is 1. The number of amides is 1. The van der Waals surface area contributed by atoms with Gasteiger partial charge >= 0.3 is 6.09 Å². The van der Waals surface area contributed by atoms with Crippen LogP contribution in [0.1, 0.15) is 39.8 Å². The van der Waals surface area contributed by atoms with Gasteiger partial charge in [-0.05, 0) is 62.2 Å². The zero-order valence-corrected chi connectivity index (χ0v) is 16.2. The number of alkyl carbamates (subject to hydrolysis) is 1. The molecule has 2 rings (SSSR count). The van der Waals surface area contributed by atoms with Crippen LogP contribution in [0.15, 0.2) is 22.8 Å². The van der Waals surface area contributed by atoms with Gasteiger partial charge in [0.05, 0.1) is 23.9 Å².